The predicted octanol–water partition coefficient (Wildman–Crippen LogP) is -5.11. The first-order valence-electron chi connectivity index (χ1n) is 9.05. The SMILES string of the molecule is CC(=O)N[C@@H]1[C@@H](O)[C@@H](O[C@H]2O[C@H](CO)[C@H](O)[C@H](O)[C@H]2NC(C)=O)[C@@H](CO)O[C@@H]1O. The highest BCUT2D eigenvalue weighted by molar-refractivity contribution is 5.73. The van der Waals surface area contributed by atoms with Crippen LogP contribution in [-0.4, -0.2) is 117 Å². The van der Waals surface area contributed by atoms with Crippen molar-refractivity contribution in [3.63, 3.8) is 0 Å². The van der Waals surface area contributed by atoms with Gasteiger partial charge in [0, 0.05) is 13.8 Å². The number of aliphatic hydroxyl groups excluding tert-OH is 6. The summed E-state index contributed by atoms with van der Waals surface area (Å²) in [5.74, 6) is -1.14. The molecule has 2 rings (SSSR count). The number of amides is 2. The van der Waals surface area contributed by atoms with Crippen LogP contribution in [0.5, 0.6) is 0 Å². The molecule has 29 heavy (non-hydrogen) atoms. The van der Waals surface area contributed by atoms with Crippen LogP contribution in [0.4, 0.5) is 0 Å². The maximum atomic E-state index is 11.5. The molecule has 0 saturated carbocycles. The molecule has 2 amide bonds. The van der Waals surface area contributed by atoms with Gasteiger partial charge in [-0.1, -0.05) is 0 Å². The minimum atomic E-state index is -1.64. The average molecular weight is 424 g/mol. The lowest BCUT2D eigenvalue weighted by molar-refractivity contribution is -0.327. The molecular weight excluding hydrogens is 396 g/mol. The lowest BCUT2D eigenvalue weighted by Crippen LogP contribution is -2.69. The lowest BCUT2D eigenvalue weighted by Gasteiger charge is -2.47. The molecule has 0 unspecified atom stereocenters. The fourth-order valence-electron chi connectivity index (χ4n) is 3.38. The highest BCUT2D eigenvalue weighted by Gasteiger charge is 2.51. The van der Waals surface area contributed by atoms with Gasteiger partial charge < -0.3 is 55.5 Å². The molecule has 2 heterocycles. The van der Waals surface area contributed by atoms with Crippen molar-refractivity contribution in [2.75, 3.05) is 13.2 Å². The Morgan fingerprint density at radius 2 is 1.38 bits per heavy atom. The number of carbonyl (C=O) groups is 2. The minimum absolute atomic E-state index is 0.568. The van der Waals surface area contributed by atoms with Gasteiger partial charge in [0.05, 0.1) is 13.2 Å². The second-order valence-corrected chi connectivity index (χ2v) is 7.00. The van der Waals surface area contributed by atoms with Crippen LogP contribution in [0.1, 0.15) is 13.8 Å². The quantitative estimate of drug-likeness (QED) is 0.202. The molecule has 2 fully saturated rings. The van der Waals surface area contributed by atoms with E-state index < -0.39 is 86.3 Å². The van der Waals surface area contributed by atoms with E-state index in [9.17, 15) is 40.2 Å². The van der Waals surface area contributed by atoms with Crippen molar-refractivity contribution in [3.8, 4) is 0 Å². The van der Waals surface area contributed by atoms with Crippen molar-refractivity contribution in [1.82, 2.24) is 10.6 Å². The normalized spacial score (nSPS) is 42.9. The third-order valence-corrected chi connectivity index (χ3v) is 4.78. The van der Waals surface area contributed by atoms with E-state index in [1.54, 1.807) is 0 Å². The molecule has 168 valence electrons. The summed E-state index contributed by atoms with van der Waals surface area (Å²) in [6.45, 7) is 0.962. The van der Waals surface area contributed by atoms with Gasteiger partial charge in [0.15, 0.2) is 12.6 Å². The predicted molar refractivity (Wildman–Crippen MR) is 91.8 cm³/mol. The van der Waals surface area contributed by atoms with E-state index in [-0.39, 0.29) is 0 Å². The maximum absolute atomic E-state index is 11.5. The third kappa shape index (κ3) is 5.39. The molecule has 0 spiro atoms. The van der Waals surface area contributed by atoms with Crippen LogP contribution in [-0.2, 0) is 23.8 Å². The molecule has 13 nitrogen and oxygen atoms in total. The number of rotatable bonds is 6. The molecule has 0 radical (unpaired) electrons. The zero-order valence-corrected chi connectivity index (χ0v) is 15.9. The molecule has 0 aliphatic carbocycles. The Bertz CT molecular complexity index is 579. The van der Waals surface area contributed by atoms with Crippen LogP contribution in [0.3, 0.4) is 0 Å². The van der Waals surface area contributed by atoms with Crippen molar-refractivity contribution in [1.29, 1.82) is 0 Å². The van der Waals surface area contributed by atoms with Gasteiger partial charge in [-0.15, -0.1) is 0 Å². The number of nitrogens with one attached hydrogen (secondary N) is 2. The van der Waals surface area contributed by atoms with Crippen molar-refractivity contribution in [3.05, 3.63) is 0 Å². The fraction of sp³-hybridized carbons (Fsp3) is 0.875. The highest BCUT2D eigenvalue weighted by atomic mass is 16.7. The summed E-state index contributed by atoms with van der Waals surface area (Å²) in [5.41, 5.74) is 0. The third-order valence-electron chi connectivity index (χ3n) is 4.78. The summed E-state index contributed by atoms with van der Waals surface area (Å²) in [6.07, 6.45) is -11.7. The maximum Gasteiger partial charge on any atom is 0.217 e. The van der Waals surface area contributed by atoms with E-state index >= 15 is 0 Å². The van der Waals surface area contributed by atoms with Gasteiger partial charge in [-0.05, 0) is 0 Å². The summed E-state index contributed by atoms with van der Waals surface area (Å²) < 4.78 is 16.3. The Balaban J connectivity index is 2.26. The Hall–Kier alpha value is -1.42. The Morgan fingerprint density at radius 3 is 1.90 bits per heavy atom. The molecule has 8 N–H and O–H groups in total. The lowest BCUT2D eigenvalue weighted by atomic mass is 9.94. The van der Waals surface area contributed by atoms with Gasteiger partial charge >= 0.3 is 0 Å². The van der Waals surface area contributed by atoms with Crippen LogP contribution < -0.4 is 10.6 Å². The smallest absolute Gasteiger partial charge is 0.217 e. The van der Waals surface area contributed by atoms with Gasteiger partial charge in [0.2, 0.25) is 11.8 Å². The summed E-state index contributed by atoms with van der Waals surface area (Å²) in [5, 5.41) is 64.5. The number of hydrogen-bond donors (Lipinski definition) is 8. The van der Waals surface area contributed by atoms with Gasteiger partial charge in [-0.2, -0.15) is 0 Å². The van der Waals surface area contributed by atoms with Crippen LogP contribution >= 0.6 is 0 Å². The fourth-order valence-corrected chi connectivity index (χ4v) is 3.38. The zero-order chi connectivity index (χ0) is 21.9. The second-order valence-electron chi connectivity index (χ2n) is 7.00. The van der Waals surface area contributed by atoms with E-state index in [1.165, 1.54) is 0 Å². The van der Waals surface area contributed by atoms with E-state index in [0.717, 1.165) is 13.8 Å². The second kappa shape index (κ2) is 10.1. The first-order chi connectivity index (χ1) is 13.6. The number of carbonyl (C=O) groups excluding carboxylic acids is 2. The van der Waals surface area contributed by atoms with Crippen molar-refractivity contribution in [2.45, 2.75) is 75.1 Å². The summed E-state index contributed by atoms with van der Waals surface area (Å²) in [4.78, 5) is 22.8. The summed E-state index contributed by atoms with van der Waals surface area (Å²) in [7, 11) is 0. The number of hydrogen-bond acceptors (Lipinski definition) is 11. The van der Waals surface area contributed by atoms with Crippen molar-refractivity contribution in [2.24, 2.45) is 0 Å². The van der Waals surface area contributed by atoms with Gasteiger partial charge in [0.1, 0.15) is 48.7 Å². The van der Waals surface area contributed by atoms with E-state index in [4.69, 9.17) is 14.2 Å². The van der Waals surface area contributed by atoms with Crippen LogP contribution in [0.25, 0.3) is 0 Å². The van der Waals surface area contributed by atoms with E-state index in [2.05, 4.69) is 10.6 Å². The molecule has 2 saturated heterocycles. The zero-order valence-electron chi connectivity index (χ0n) is 15.9. The van der Waals surface area contributed by atoms with Crippen LogP contribution in [0.2, 0.25) is 0 Å². The highest BCUT2D eigenvalue weighted by Crippen LogP contribution is 2.28. The Labute approximate surface area is 166 Å². The van der Waals surface area contributed by atoms with Crippen molar-refractivity contribution >= 4 is 11.8 Å². The molecule has 13 heteroatoms. The summed E-state index contributed by atoms with van der Waals surface area (Å²) >= 11 is 0. The van der Waals surface area contributed by atoms with E-state index in [0.29, 0.717) is 0 Å². The molecule has 0 aromatic rings. The largest absolute Gasteiger partial charge is 0.394 e. The molecule has 0 aromatic heterocycles. The van der Waals surface area contributed by atoms with Crippen LogP contribution in [0.15, 0.2) is 0 Å². The van der Waals surface area contributed by atoms with Gasteiger partial charge in [0.25, 0.3) is 0 Å². The molecule has 0 bridgehead atoms. The Kier molecular flexibility index (Phi) is 8.28. The summed E-state index contributed by atoms with van der Waals surface area (Å²) in [6, 6.07) is -2.59. The monoisotopic (exact) mass is 424 g/mol. The first kappa shape index (κ1) is 23.9. The van der Waals surface area contributed by atoms with Crippen molar-refractivity contribution < 1.29 is 54.4 Å². The molecule has 2 aliphatic heterocycles. The molecule has 0 aromatic carbocycles. The standard InChI is InChI=1S/C16H28N2O11/c1-5(21)17-9-13(25)14(8(4-20)27-15(9)26)29-16-10(18-6(2)22)12(24)11(23)7(3-19)28-16/h7-16,19-20,23-26H,3-4H2,1-2H3,(H,17,21)(H,18,22)/t7-,8-,9-,10-,11+,12-,13-,14+,15+,16-/m1/s1. The topological polar surface area (TPSA) is 207 Å². The average Bonchev–Trinajstić information content (AvgIpc) is 2.65. The number of ether oxygens (including phenoxy) is 3. The Morgan fingerprint density at radius 1 is 0.828 bits per heavy atom. The van der Waals surface area contributed by atoms with Gasteiger partial charge in [-0.3, -0.25) is 9.59 Å². The van der Waals surface area contributed by atoms with E-state index in [1.807, 2.05) is 0 Å². The first-order valence-corrected chi connectivity index (χ1v) is 9.05. The molecular formula is C16H28N2O11. The molecule has 2 aliphatic rings. The molecule has 10 atom stereocenters. The van der Waals surface area contributed by atoms with Crippen LogP contribution in [0, 0.1) is 0 Å². The minimum Gasteiger partial charge on any atom is -0.394 e. The number of aliphatic hydroxyl groups is 6. The van der Waals surface area contributed by atoms with Gasteiger partial charge in [-0.25, -0.2) is 0 Å².